The van der Waals surface area contributed by atoms with Gasteiger partial charge in [-0.3, -0.25) is 13.9 Å². The number of carbonyl (C=O) groups is 2. The van der Waals surface area contributed by atoms with E-state index in [0.29, 0.717) is 17.1 Å². The molecule has 0 unspecified atom stereocenters. The van der Waals surface area contributed by atoms with E-state index in [1.807, 2.05) is 13.8 Å². The number of hydrogen-bond acceptors (Lipinski definition) is 4. The molecule has 1 atom stereocenters. The highest BCUT2D eigenvalue weighted by Gasteiger charge is 2.33. The molecule has 1 N–H and O–H groups in total. The third-order valence-electron chi connectivity index (χ3n) is 6.61. The van der Waals surface area contributed by atoms with Crippen molar-refractivity contribution in [2.45, 2.75) is 58.0 Å². The van der Waals surface area contributed by atoms with Gasteiger partial charge >= 0.3 is 0 Å². The number of rotatable bonds is 12. The molecule has 2 amide bonds. The Morgan fingerprint density at radius 1 is 1.02 bits per heavy atom. The van der Waals surface area contributed by atoms with Crippen molar-refractivity contribution in [3.63, 3.8) is 0 Å². The number of unbranched alkanes of at least 4 members (excludes halogenated alkanes) is 1. The quantitative estimate of drug-likeness (QED) is 0.279. The van der Waals surface area contributed by atoms with E-state index in [1.54, 1.807) is 50.2 Å². The van der Waals surface area contributed by atoms with Gasteiger partial charge in [-0.25, -0.2) is 12.8 Å². The smallest absolute Gasteiger partial charge is 0.264 e. The van der Waals surface area contributed by atoms with Crippen molar-refractivity contribution in [2.24, 2.45) is 0 Å². The Balaban J connectivity index is 2.04. The first kappa shape index (κ1) is 31.1. The molecule has 3 rings (SSSR count). The molecule has 0 spiro atoms. The highest BCUT2D eigenvalue weighted by Crippen LogP contribution is 2.29. The van der Waals surface area contributed by atoms with Crippen LogP contribution in [0, 0.1) is 19.7 Å². The Kier molecular flexibility index (Phi) is 10.7. The third kappa shape index (κ3) is 7.61. The van der Waals surface area contributed by atoms with Crippen LogP contribution in [0.2, 0.25) is 5.02 Å². The van der Waals surface area contributed by atoms with Gasteiger partial charge in [0.2, 0.25) is 11.8 Å². The first-order valence-electron chi connectivity index (χ1n) is 13.1. The lowest BCUT2D eigenvalue weighted by atomic mass is 10.1. The Hall–Kier alpha value is -3.43. The Morgan fingerprint density at radius 2 is 1.70 bits per heavy atom. The summed E-state index contributed by atoms with van der Waals surface area (Å²) in [5.41, 5.74) is 1.90. The van der Waals surface area contributed by atoms with E-state index in [1.165, 1.54) is 35.2 Å². The van der Waals surface area contributed by atoms with E-state index >= 15 is 0 Å². The summed E-state index contributed by atoms with van der Waals surface area (Å²) in [5, 5.41) is 3.22. The van der Waals surface area contributed by atoms with Gasteiger partial charge in [-0.15, -0.1) is 0 Å². The average Bonchev–Trinajstić information content (AvgIpc) is 2.91. The third-order valence-corrected chi connectivity index (χ3v) is 8.62. The van der Waals surface area contributed by atoms with Gasteiger partial charge in [0.1, 0.15) is 18.4 Å². The molecule has 0 aliphatic carbocycles. The number of carbonyl (C=O) groups excluding carboxylic acids is 2. The van der Waals surface area contributed by atoms with Gasteiger partial charge in [0, 0.05) is 23.7 Å². The molecule has 0 saturated heterocycles. The van der Waals surface area contributed by atoms with Gasteiger partial charge < -0.3 is 10.2 Å². The Bertz CT molecular complexity index is 1450. The molecule has 0 fully saturated rings. The minimum Gasteiger partial charge on any atom is -0.354 e. The maximum absolute atomic E-state index is 14.6. The molecule has 0 aromatic heterocycles. The monoisotopic (exact) mass is 587 g/mol. The number of nitrogens with one attached hydrogen (secondary N) is 1. The van der Waals surface area contributed by atoms with E-state index in [0.717, 1.165) is 22.7 Å². The summed E-state index contributed by atoms with van der Waals surface area (Å²) in [6.45, 7) is 6.68. The summed E-state index contributed by atoms with van der Waals surface area (Å²) in [7, 11) is -4.21. The molecule has 7 nitrogen and oxygen atoms in total. The average molecular weight is 588 g/mol. The highest BCUT2D eigenvalue weighted by molar-refractivity contribution is 7.92. The number of sulfonamides is 1. The van der Waals surface area contributed by atoms with Crippen LogP contribution in [0.5, 0.6) is 0 Å². The number of nitrogens with zero attached hydrogens (tertiary/aromatic N) is 2. The largest absolute Gasteiger partial charge is 0.354 e. The normalized spacial score (nSPS) is 12.1. The minimum absolute atomic E-state index is 0.00580. The number of hydrogen-bond donors (Lipinski definition) is 1. The molecule has 10 heteroatoms. The molecule has 0 radical (unpaired) electrons. The van der Waals surface area contributed by atoms with E-state index in [-0.39, 0.29) is 22.7 Å². The molecule has 0 bridgehead atoms. The van der Waals surface area contributed by atoms with Gasteiger partial charge in [-0.1, -0.05) is 60.8 Å². The van der Waals surface area contributed by atoms with Crippen LogP contribution in [0.15, 0.2) is 71.6 Å². The number of amides is 2. The molecule has 0 heterocycles. The summed E-state index contributed by atoms with van der Waals surface area (Å²) in [6, 6.07) is 16.0. The molecular formula is C30H35ClFN3O4S. The molecule has 0 aliphatic rings. The van der Waals surface area contributed by atoms with Crippen LogP contribution in [0.1, 0.15) is 43.4 Å². The van der Waals surface area contributed by atoms with Crippen molar-refractivity contribution in [2.75, 3.05) is 17.4 Å². The fourth-order valence-electron chi connectivity index (χ4n) is 4.18. The summed E-state index contributed by atoms with van der Waals surface area (Å²) in [4.78, 5) is 28.1. The van der Waals surface area contributed by atoms with Crippen LogP contribution < -0.4 is 9.62 Å². The van der Waals surface area contributed by atoms with E-state index < -0.39 is 40.2 Å². The summed E-state index contributed by atoms with van der Waals surface area (Å²) < 4.78 is 43.5. The first-order valence-corrected chi connectivity index (χ1v) is 14.9. The lowest BCUT2D eigenvalue weighted by Crippen LogP contribution is -2.51. The van der Waals surface area contributed by atoms with Crippen molar-refractivity contribution in [1.82, 2.24) is 10.2 Å². The van der Waals surface area contributed by atoms with Crippen LogP contribution in [-0.2, 0) is 26.2 Å². The van der Waals surface area contributed by atoms with Crippen molar-refractivity contribution in [1.29, 1.82) is 0 Å². The zero-order valence-corrected chi connectivity index (χ0v) is 24.7. The predicted octanol–water partition coefficient (Wildman–Crippen LogP) is 5.62. The summed E-state index contributed by atoms with van der Waals surface area (Å²) in [6.07, 6.45) is 1.64. The zero-order chi connectivity index (χ0) is 29.4. The predicted molar refractivity (Wildman–Crippen MR) is 156 cm³/mol. The van der Waals surface area contributed by atoms with Crippen LogP contribution >= 0.6 is 11.6 Å². The first-order chi connectivity index (χ1) is 18.9. The molecule has 40 heavy (non-hydrogen) atoms. The topological polar surface area (TPSA) is 86.8 Å². The zero-order valence-electron chi connectivity index (χ0n) is 23.2. The number of benzene rings is 3. The molecule has 3 aromatic carbocycles. The fraction of sp³-hybridized carbons (Fsp3) is 0.333. The molecular weight excluding hydrogens is 553 g/mol. The van der Waals surface area contributed by atoms with Crippen molar-refractivity contribution in [3.8, 4) is 0 Å². The molecule has 0 aliphatic heterocycles. The SMILES string of the molecule is CCCCNC(=O)[C@H](C)N(Cc1ccccc1F)C(=O)CN(c1ccc(Cl)cc1C)S(=O)(=O)c1ccc(C)cc1. The van der Waals surface area contributed by atoms with Crippen molar-refractivity contribution < 1.29 is 22.4 Å². The summed E-state index contributed by atoms with van der Waals surface area (Å²) >= 11 is 6.14. The maximum atomic E-state index is 14.6. The number of aryl methyl sites for hydroxylation is 2. The lowest BCUT2D eigenvalue weighted by molar-refractivity contribution is -0.139. The Labute approximate surface area is 241 Å². The number of anilines is 1. The van der Waals surface area contributed by atoms with Gasteiger partial charge in [0.05, 0.1) is 10.6 Å². The second kappa shape index (κ2) is 13.8. The van der Waals surface area contributed by atoms with Gasteiger partial charge in [-0.05, 0) is 69.2 Å². The lowest BCUT2D eigenvalue weighted by Gasteiger charge is -2.32. The molecule has 214 valence electrons. The second-order valence-corrected chi connectivity index (χ2v) is 12.0. The van der Waals surface area contributed by atoms with Crippen LogP contribution in [0.25, 0.3) is 0 Å². The van der Waals surface area contributed by atoms with Crippen molar-refractivity contribution >= 4 is 39.1 Å². The fourth-order valence-corrected chi connectivity index (χ4v) is 5.88. The van der Waals surface area contributed by atoms with Crippen molar-refractivity contribution in [3.05, 3.63) is 94.3 Å². The van der Waals surface area contributed by atoms with Crippen LogP contribution in [0.3, 0.4) is 0 Å². The van der Waals surface area contributed by atoms with E-state index in [2.05, 4.69) is 5.32 Å². The molecule has 0 saturated carbocycles. The van der Waals surface area contributed by atoms with E-state index in [4.69, 9.17) is 11.6 Å². The van der Waals surface area contributed by atoms with Gasteiger partial charge in [-0.2, -0.15) is 0 Å². The summed E-state index contributed by atoms with van der Waals surface area (Å²) in [5.74, 6) is -1.60. The Morgan fingerprint density at radius 3 is 2.33 bits per heavy atom. The maximum Gasteiger partial charge on any atom is 0.264 e. The molecule has 3 aromatic rings. The van der Waals surface area contributed by atoms with Gasteiger partial charge in [0.25, 0.3) is 10.0 Å². The standard InChI is InChI=1S/C30H35ClFN3O4S/c1-5-6-17-33-30(37)23(4)34(19-24-9-7-8-10-27(24)32)29(36)20-35(28-16-13-25(31)18-22(28)3)40(38,39)26-14-11-21(2)12-15-26/h7-16,18,23H,5-6,17,19-20H2,1-4H3,(H,33,37)/t23-/m0/s1. The van der Waals surface area contributed by atoms with Crippen LogP contribution in [0.4, 0.5) is 10.1 Å². The second-order valence-electron chi connectivity index (χ2n) is 9.69. The minimum atomic E-state index is -4.21. The van der Waals surface area contributed by atoms with Crippen LogP contribution in [-0.4, -0.2) is 44.3 Å². The number of halogens is 2. The van der Waals surface area contributed by atoms with E-state index in [9.17, 15) is 22.4 Å². The van der Waals surface area contributed by atoms with Gasteiger partial charge in [0.15, 0.2) is 0 Å². The highest BCUT2D eigenvalue weighted by atomic mass is 35.5.